The lowest BCUT2D eigenvalue weighted by Gasteiger charge is -2.08. The molecule has 6 nitrogen and oxygen atoms in total. The van der Waals surface area contributed by atoms with Crippen LogP contribution in [0.15, 0.2) is 59.5 Å². The molecular formula is C18H21NO5S. The van der Waals surface area contributed by atoms with Gasteiger partial charge in [0, 0.05) is 0 Å². The SMILES string of the molecule is Cc1ccc(S(=O)(=O)O)cc1.NC1(C(=O)OCc2ccccc2)CC1. The lowest BCUT2D eigenvalue weighted by Crippen LogP contribution is -2.34. The number of carbonyl (C=O) groups excluding carboxylic acids is 1. The van der Waals surface area contributed by atoms with Gasteiger partial charge in [-0.3, -0.25) is 9.35 Å². The number of carbonyl (C=O) groups is 1. The van der Waals surface area contributed by atoms with Crippen LogP contribution in [0.25, 0.3) is 0 Å². The van der Waals surface area contributed by atoms with Gasteiger partial charge in [0.15, 0.2) is 0 Å². The molecule has 0 spiro atoms. The third kappa shape index (κ3) is 5.97. The minimum Gasteiger partial charge on any atom is -0.459 e. The zero-order valence-electron chi connectivity index (χ0n) is 13.9. The first kappa shape index (κ1) is 19.1. The summed E-state index contributed by atoms with van der Waals surface area (Å²) in [6.45, 7) is 2.16. The molecule has 1 aliphatic carbocycles. The van der Waals surface area contributed by atoms with E-state index in [1.165, 1.54) is 12.1 Å². The molecule has 0 amide bonds. The number of rotatable bonds is 4. The predicted molar refractivity (Wildman–Crippen MR) is 93.4 cm³/mol. The van der Waals surface area contributed by atoms with Gasteiger partial charge >= 0.3 is 5.97 Å². The van der Waals surface area contributed by atoms with Crippen LogP contribution >= 0.6 is 0 Å². The Morgan fingerprint density at radius 3 is 2.16 bits per heavy atom. The summed E-state index contributed by atoms with van der Waals surface area (Å²) in [7, 11) is -4.02. The molecular weight excluding hydrogens is 342 g/mol. The van der Waals surface area contributed by atoms with Gasteiger partial charge in [0.1, 0.15) is 12.1 Å². The Morgan fingerprint density at radius 1 is 1.12 bits per heavy atom. The Balaban J connectivity index is 0.000000186. The van der Waals surface area contributed by atoms with Crippen LogP contribution in [0.2, 0.25) is 0 Å². The molecule has 0 saturated heterocycles. The predicted octanol–water partition coefficient (Wildman–Crippen LogP) is 2.46. The third-order valence-corrected chi connectivity index (χ3v) is 4.59. The van der Waals surface area contributed by atoms with E-state index in [9.17, 15) is 13.2 Å². The molecule has 1 aliphatic rings. The largest absolute Gasteiger partial charge is 0.459 e. The molecule has 2 aromatic rings. The summed E-state index contributed by atoms with van der Waals surface area (Å²) in [5.74, 6) is -0.277. The normalized spacial score (nSPS) is 14.8. The molecule has 1 saturated carbocycles. The molecule has 0 unspecified atom stereocenters. The second kappa shape index (κ2) is 7.77. The Hall–Kier alpha value is -2.22. The average Bonchev–Trinajstić information content (AvgIpc) is 3.33. The summed E-state index contributed by atoms with van der Waals surface area (Å²) in [6, 6.07) is 15.6. The first-order valence-electron chi connectivity index (χ1n) is 7.75. The van der Waals surface area contributed by atoms with Gasteiger partial charge in [-0.15, -0.1) is 0 Å². The van der Waals surface area contributed by atoms with Crippen LogP contribution in [0.1, 0.15) is 24.0 Å². The third-order valence-electron chi connectivity index (χ3n) is 3.73. The van der Waals surface area contributed by atoms with E-state index in [1.54, 1.807) is 12.1 Å². The molecule has 0 heterocycles. The number of hydrogen-bond donors (Lipinski definition) is 2. The Kier molecular flexibility index (Phi) is 5.94. The smallest absolute Gasteiger partial charge is 0.326 e. The molecule has 1 fully saturated rings. The fraction of sp³-hybridized carbons (Fsp3) is 0.278. The lowest BCUT2D eigenvalue weighted by molar-refractivity contribution is -0.147. The molecule has 25 heavy (non-hydrogen) atoms. The van der Waals surface area contributed by atoms with E-state index >= 15 is 0 Å². The lowest BCUT2D eigenvalue weighted by atomic mass is 10.2. The van der Waals surface area contributed by atoms with Crippen LogP contribution < -0.4 is 5.73 Å². The molecule has 0 radical (unpaired) electrons. The van der Waals surface area contributed by atoms with Crippen molar-refractivity contribution in [3.05, 3.63) is 65.7 Å². The van der Waals surface area contributed by atoms with Crippen molar-refractivity contribution in [3.8, 4) is 0 Å². The maximum atomic E-state index is 11.4. The monoisotopic (exact) mass is 363 g/mol. The molecule has 0 aromatic heterocycles. The summed E-state index contributed by atoms with van der Waals surface area (Å²) >= 11 is 0. The van der Waals surface area contributed by atoms with Gasteiger partial charge in [0.05, 0.1) is 4.90 Å². The van der Waals surface area contributed by atoms with Gasteiger partial charge in [0.2, 0.25) is 0 Å². The second-order valence-electron chi connectivity index (χ2n) is 6.01. The van der Waals surface area contributed by atoms with Crippen LogP contribution in [-0.4, -0.2) is 24.5 Å². The quantitative estimate of drug-likeness (QED) is 0.638. The van der Waals surface area contributed by atoms with E-state index in [2.05, 4.69) is 0 Å². The summed E-state index contributed by atoms with van der Waals surface area (Å²) in [5.41, 5.74) is 6.95. The maximum Gasteiger partial charge on any atom is 0.326 e. The van der Waals surface area contributed by atoms with E-state index in [-0.39, 0.29) is 10.9 Å². The van der Waals surface area contributed by atoms with Gasteiger partial charge in [-0.1, -0.05) is 48.0 Å². The molecule has 2 aromatic carbocycles. The molecule has 0 atom stereocenters. The molecule has 0 aliphatic heterocycles. The zero-order chi connectivity index (χ0) is 18.5. The van der Waals surface area contributed by atoms with Crippen molar-refractivity contribution in [1.29, 1.82) is 0 Å². The van der Waals surface area contributed by atoms with E-state index in [0.717, 1.165) is 24.0 Å². The number of aryl methyl sites for hydroxylation is 1. The van der Waals surface area contributed by atoms with Gasteiger partial charge in [-0.25, -0.2) is 0 Å². The minimum atomic E-state index is -4.02. The summed E-state index contributed by atoms with van der Waals surface area (Å²) < 4.78 is 34.6. The van der Waals surface area contributed by atoms with Crippen molar-refractivity contribution in [3.63, 3.8) is 0 Å². The number of ether oxygens (including phenoxy) is 1. The number of hydrogen-bond acceptors (Lipinski definition) is 5. The molecule has 134 valence electrons. The second-order valence-corrected chi connectivity index (χ2v) is 7.43. The number of nitrogens with two attached hydrogens (primary N) is 1. The van der Waals surface area contributed by atoms with Crippen molar-refractivity contribution in [2.24, 2.45) is 5.73 Å². The first-order valence-corrected chi connectivity index (χ1v) is 9.19. The van der Waals surface area contributed by atoms with Crippen molar-refractivity contribution >= 4 is 16.1 Å². The standard InChI is InChI=1S/C11H13NO2.C7H8O3S/c12-11(6-7-11)10(13)14-8-9-4-2-1-3-5-9;1-6-2-4-7(5-3-6)11(8,9)10/h1-5H,6-8,12H2;2-5H,1H3,(H,8,9,10). The van der Waals surface area contributed by atoms with E-state index in [4.69, 9.17) is 15.0 Å². The van der Waals surface area contributed by atoms with Gasteiger partial charge in [0.25, 0.3) is 10.1 Å². The van der Waals surface area contributed by atoms with Crippen LogP contribution in [-0.2, 0) is 26.3 Å². The zero-order valence-corrected chi connectivity index (χ0v) is 14.7. The first-order chi connectivity index (χ1) is 11.7. The minimum absolute atomic E-state index is 0.0666. The fourth-order valence-corrected chi connectivity index (χ4v) is 2.40. The van der Waals surface area contributed by atoms with Gasteiger partial charge in [-0.2, -0.15) is 8.42 Å². The highest BCUT2D eigenvalue weighted by Crippen LogP contribution is 2.33. The van der Waals surface area contributed by atoms with Crippen molar-refractivity contribution in [2.75, 3.05) is 0 Å². The van der Waals surface area contributed by atoms with Crippen LogP contribution in [0.4, 0.5) is 0 Å². The molecule has 3 rings (SSSR count). The van der Waals surface area contributed by atoms with Gasteiger partial charge in [-0.05, 0) is 37.5 Å². The van der Waals surface area contributed by atoms with Crippen LogP contribution in [0.3, 0.4) is 0 Å². The number of benzene rings is 2. The van der Waals surface area contributed by atoms with Crippen LogP contribution in [0.5, 0.6) is 0 Å². The van der Waals surface area contributed by atoms with E-state index in [1.807, 2.05) is 37.3 Å². The van der Waals surface area contributed by atoms with Crippen LogP contribution in [0, 0.1) is 6.92 Å². The van der Waals surface area contributed by atoms with E-state index in [0.29, 0.717) is 6.61 Å². The van der Waals surface area contributed by atoms with E-state index < -0.39 is 15.7 Å². The summed E-state index contributed by atoms with van der Waals surface area (Å²) in [5, 5.41) is 0. The average molecular weight is 363 g/mol. The molecule has 7 heteroatoms. The fourth-order valence-electron chi connectivity index (χ4n) is 1.92. The molecule has 0 bridgehead atoms. The number of esters is 1. The van der Waals surface area contributed by atoms with Crippen molar-refractivity contribution in [1.82, 2.24) is 0 Å². The topological polar surface area (TPSA) is 107 Å². The van der Waals surface area contributed by atoms with Crippen molar-refractivity contribution < 1.29 is 22.5 Å². The highest BCUT2D eigenvalue weighted by atomic mass is 32.2. The Morgan fingerprint density at radius 2 is 1.68 bits per heavy atom. The Labute approximate surface area is 147 Å². The maximum absolute atomic E-state index is 11.4. The van der Waals surface area contributed by atoms with Gasteiger partial charge < -0.3 is 10.5 Å². The highest BCUT2D eigenvalue weighted by Gasteiger charge is 2.47. The van der Waals surface area contributed by atoms with Crippen molar-refractivity contribution in [2.45, 2.75) is 36.8 Å². The molecule has 3 N–H and O–H groups in total. The summed E-state index contributed by atoms with van der Waals surface area (Å²) in [4.78, 5) is 11.3. The Bertz CT molecular complexity index is 812. The highest BCUT2D eigenvalue weighted by molar-refractivity contribution is 7.85. The summed E-state index contributed by atoms with van der Waals surface area (Å²) in [6.07, 6.45) is 1.50.